The fraction of sp³-hybridized carbons (Fsp3) is 0.323. The zero-order valence-corrected chi connectivity index (χ0v) is 20.8. The van der Waals surface area contributed by atoms with Crippen molar-refractivity contribution in [1.82, 2.24) is 10.1 Å². The first-order valence-electron chi connectivity index (χ1n) is 13.1. The van der Waals surface area contributed by atoms with Crippen LogP contribution in [0.4, 0.5) is 4.39 Å². The van der Waals surface area contributed by atoms with Crippen LogP contribution in [0.25, 0.3) is 22.1 Å². The van der Waals surface area contributed by atoms with Crippen LogP contribution >= 0.6 is 0 Å². The quantitative estimate of drug-likeness (QED) is 0.309. The van der Waals surface area contributed by atoms with Crippen molar-refractivity contribution in [3.8, 4) is 11.5 Å². The third-order valence-corrected chi connectivity index (χ3v) is 7.52. The summed E-state index contributed by atoms with van der Waals surface area (Å²) in [5.74, 6) is 1.15. The summed E-state index contributed by atoms with van der Waals surface area (Å²) in [6, 6.07) is 20.4. The Bertz CT molecular complexity index is 1430. The number of aryl methyl sites for hydroxylation is 1. The van der Waals surface area contributed by atoms with Crippen LogP contribution in [0.1, 0.15) is 47.9 Å². The van der Waals surface area contributed by atoms with Crippen molar-refractivity contribution in [2.75, 3.05) is 26.3 Å². The molecule has 0 saturated carbocycles. The zero-order chi connectivity index (χ0) is 25.2. The van der Waals surface area contributed by atoms with Crippen LogP contribution in [0.3, 0.4) is 0 Å². The van der Waals surface area contributed by atoms with E-state index in [9.17, 15) is 9.50 Å². The number of fused-ring (bicyclic) bond motifs is 2. The number of rotatable bonds is 7. The number of ether oxygens (including phenoxy) is 1. The van der Waals surface area contributed by atoms with Crippen molar-refractivity contribution < 1.29 is 18.8 Å². The Morgan fingerprint density at radius 2 is 1.89 bits per heavy atom. The first-order chi connectivity index (χ1) is 18.2. The Balaban J connectivity index is 1.35. The molecule has 6 rings (SSSR count). The maximum absolute atomic E-state index is 12.5. The number of likely N-dealkylation sites (tertiary alicyclic amines) is 1. The van der Waals surface area contributed by atoms with Crippen molar-refractivity contribution in [3.05, 3.63) is 89.1 Å². The summed E-state index contributed by atoms with van der Waals surface area (Å²) in [4.78, 5) is 2.28. The Morgan fingerprint density at radius 1 is 1.03 bits per heavy atom. The van der Waals surface area contributed by atoms with Crippen LogP contribution in [-0.4, -0.2) is 47.6 Å². The number of aromatic nitrogens is 1. The van der Waals surface area contributed by atoms with Gasteiger partial charge in [0.15, 0.2) is 5.58 Å². The van der Waals surface area contributed by atoms with Crippen LogP contribution in [0.5, 0.6) is 11.5 Å². The van der Waals surface area contributed by atoms with E-state index in [-0.39, 0.29) is 12.8 Å². The Kier molecular flexibility index (Phi) is 6.66. The molecule has 190 valence electrons. The van der Waals surface area contributed by atoms with E-state index in [1.807, 2.05) is 12.1 Å². The molecule has 1 aliphatic heterocycles. The molecule has 1 aliphatic carbocycles. The van der Waals surface area contributed by atoms with E-state index in [0.29, 0.717) is 12.2 Å². The Hall–Kier alpha value is -3.64. The van der Waals surface area contributed by atoms with Gasteiger partial charge in [-0.25, -0.2) is 0 Å². The van der Waals surface area contributed by atoms with Gasteiger partial charge in [-0.3, -0.25) is 9.29 Å². The Labute approximate surface area is 216 Å². The first kappa shape index (κ1) is 23.7. The molecule has 1 aromatic heterocycles. The standard InChI is InChI=1S/C31H31FN2O3/c32-14-2-15-34-16-13-27(20-34)36-26-10-7-21(8-11-26)31-28(23-5-6-24-19-33-37-30(24)18-23)4-1-3-22-17-25(35)9-12-29(22)31/h5-12,17-19,27,35H,1-4,13-16,20H2/t27-/m0/s1. The second kappa shape index (κ2) is 10.4. The molecule has 0 radical (unpaired) electrons. The summed E-state index contributed by atoms with van der Waals surface area (Å²) in [5, 5.41) is 15.1. The smallest absolute Gasteiger partial charge is 0.167 e. The highest BCUT2D eigenvalue weighted by Gasteiger charge is 2.24. The molecule has 4 aromatic rings. The second-order valence-electron chi connectivity index (χ2n) is 10.0. The normalized spacial score (nSPS) is 18.2. The van der Waals surface area contributed by atoms with Gasteiger partial charge in [-0.05, 0) is 102 Å². The summed E-state index contributed by atoms with van der Waals surface area (Å²) in [6.07, 6.45) is 6.23. The Morgan fingerprint density at radius 3 is 2.76 bits per heavy atom. The number of halogens is 1. The third-order valence-electron chi connectivity index (χ3n) is 7.52. The van der Waals surface area contributed by atoms with Crippen LogP contribution in [-0.2, 0) is 6.42 Å². The average molecular weight is 499 g/mol. The van der Waals surface area contributed by atoms with Crippen molar-refractivity contribution in [2.24, 2.45) is 0 Å². The highest BCUT2D eigenvalue weighted by molar-refractivity contribution is 6.01. The second-order valence-corrected chi connectivity index (χ2v) is 10.0. The number of hydrogen-bond acceptors (Lipinski definition) is 5. The van der Waals surface area contributed by atoms with Crippen molar-refractivity contribution in [2.45, 2.75) is 38.2 Å². The van der Waals surface area contributed by atoms with Crippen LogP contribution in [0.2, 0.25) is 0 Å². The van der Waals surface area contributed by atoms with Gasteiger partial charge in [-0.15, -0.1) is 0 Å². The van der Waals surface area contributed by atoms with Gasteiger partial charge in [0, 0.05) is 25.0 Å². The number of benzene rings is 3. The molecule has 3 aromatic carbocycles. The summed E-state index contributed by atoms with van der Waals surface area (Å²) in [6.45, 7) is 2.33. The summed E-state index contributed by atoms with van der Waals surface area (Å²) in [5.41, 5.74) is 7.76. The van der Waals surface area contributed by atoms with E-state index < -0.39 is 0 Å². The molecule has 1 atom stereocenters. The topological polar surface area (TPSA) is 58.7 Å². The van der Waals surface area contributed by atoms with Gasteiger partial charge in [0.05, 0.1) is 12.9 Å². The molecule has 6 heteroatoms. The van der Waals surface area contributed by atoms with Gasteiger partial charge >= 0.3 is 0 Å². The summed E-state index contributed by atoms with van der Waals surface area (Å²) < 4.78 is 24.3. The molecule has 2 heterocycles. The number of allylic oxidation sites excluding steroid dienone is 1. The maximum atomic E-state index is 12.5. The molecule has 1 N–H and O–H groups in total. The maximum Gasteiger partial charge on any atom is 0.167 e. The average Bonchev–Trinajstić information content (AvgIpc) is 3.53. The van der Waals surface area contributed by atoms with E-state index >= 15 is 0 Å². The van der Waals surface area contributed by atoms with Gasteiger partial charge in [-0.2, -0.15) is 0 Å². The predicted molar refractivity (Wildman–Crippen MR) is 143 cm³/mol. The van der Waals surface area contributed by atoms with Crippen molar-refractivity contribution in [3.63, 3.8) is 0 Å². The minimum Gasteiger partial charge on any atom is -0.508 e. The van der Waals surface area contributed by atoms with Crippen molar-refractivity contribution >= 4 is 22.1 Å². The molecule has 37 heavy (non-hydrogen) atoms. The molecular formula is C31H31FN2O3. The minimum atomic E-state index is -0.268. The zero-order valence-electron chi connectivity index (χ0n) is 20.8. The molecule has 2 aliphatic rings. The molecular weight excluding hydrogens is 467 g/mol. The molecule has 0 unspecified atom stereocenters. The van der Waals surface area contributed by atoms with Crippen LogP contribution < -0.4 is 4.74 Å². The van der Waals surface area contributed by atoms with E-state index in [1.54, 1.807) is 12.3 Å². The van der Waals surface area contributed by atoms with E-state index in [1.165, 1.54) is 11.1 Å². The van der Waals surface area contributed by atoms with Gasteiger partial charge in [-0.1, -0.05) is 29.4 Å². The third kappa shape index (κ3) is 4.98. The molecule has 1 fully saturated rings. The minimum absolute atomic E-state index is 0.135. The van der Waals surface area contributed by atoms with Gasteiger partial charge < -0.3 is 14.4 Å². The molecule has 1 saturated heterocycles. The number of phenols is 1. The van der Waals surface area contributed by atoms with E-state index in [4.69, 9.17) is 9.26 Å². The highest BCUT2D eigenvalue weighted by Crippen LogP contribution is 2.41. The highest BCUT2D eigenvalue weighted by atomic mass is 19.1. The number of aromatic hydroxyl groups is 1. The van der Waals surface area contributed by atoms with Crippen LogP contribution in [0, 0.1) is 0 Å². The molecule has 0 spiro atoms. The van der Waals surface area contributed by atoms with Gasteiger partial charge in [0.2, 0.25) is 0 Å². The SMILES string of the molecule is Oc1ccc2c(c1)CCCC(c1ccc3cnoc3c1)=C2c1ccc(O[C@H]2CCN(CCCF)C2)cc1. The van der Waals surface area contributed by atoms with Gasteiger partial charge in [0.25, 0.3) is 0 Å². The largest absolute Gasteiger partial charge is 0.508 e. The number of alkyl halides is 1. The van der Waals surface area contributed by atoms with E-state index in [2.05, 4.69) is 52.5 Å². The van der Waals surface area contributed by atoms with Crippen LogP contribution in [0.15, 0.2) is 71.4 Å². The lowest BCUT2D eigenvalue weighted by Gasteiger charge is -2.18. The number of nitrogens with zero attached hydrogens (tertiary/aromatic N) is 2. The van der Waals surface area contributed by atoms with Gasteiger partial charge in [0.1, 0.15) is 17.6 Å². The molecule has 0 amide bonds. The lowest BCUT2D eigenvalue weighted by Crippen LogP contribution is -2.26. The summed E-state index contributed by atoms with van der Waals surface area (Å²) in [7, 11) is 0. The number of phenolic OH excluding ortho intramolecular Hbond substituents is 1. The first-order valence-corrected chi connectivity index (χ1v) is 13.1. The van der Waals surface area contributed by atoms with Crippen molar-refractivity contribution in [1.29, 1.82) is 0 Å². The fourth-order valence-electron chi connectivity index (χ4n) is 5.71. The molecule has 5 nitrogen and oxygen atoms in total. The van der Waals surface area contributed by atoms with E-state index in [0.717, 1.165) is 84.3 Å². The number of hydrogen-bond donors (Lipinski definition) is 1. The summed E-state index contributed by atoms with van der Waals surface area (Å²) >= 11 is 0. The monoisotopic (exact) mass is 498 g/mol. The lowest BCUT2D eigenvalue weighted by atomic mass is 9.87. The predicted octanol–water partition coefficient (Wildman–Crippen LogP) is 6.64. The lowest BCUT2D eigenvalue weighted by molar-refractivity contribution is 0.198. The molecule has 0 bridgehead atoms. The fourth-order valence-corrected chi connectivity index (χ4v) is 5.71.